The number of ether oxygens (including phenoxy) is 3. The zero-order valence-electron chi connectivity index (χ0n) is 28.6. The minimum absolute atomic E-state index is 0.00650. The van der Waals surface area contributed by atoms with Crippen molar-refractivity contribution in [3.63, 3.8) is 0 Å². The number of nitrogens with zero attached hydrogens (tertiary/aromatic N) is 3. The van der Waals surface area contributed by atoms with Crippen LogP contribution in [0.1, 0.15) is 64.9 Å². The molecule has 5 aromatic rings. The largest absolute Gasteiger partial charge is 0.392 e. The molecule has 0 radical (unpaired) electrons. The molecule has 2 saturated heterocycles. The highest BCUT2D eigenvalue weighted by molar-refractivity contribution is 5.93. The Hall–Kier alpha value is -4.51. The van der Waals surface area contributed by atoms with Gasteiger partial charge in [-0.3, -0.25) is 14.7 Å². The van der Waals surface area contributed by atoms with Crippen molar-refractivity contribution in [2.45, 2.75) is 57.5 Å². The molecule has 4 aromatic carbocycles. The maximum Gasteiger partial charge on any atom is 0.271 e. The number of nitrogens with one attached hydrogen (secondary N) is 1. The van der Waals surface area contributed by atoms with Crippen LogP contribution in [0.3, 0.4) is 0 Å². The average molecular weight is 673 g/mol. The summed E-state index contributed by atoms with van der Waals surface area (Å²) in [6.45, 7) is 5.12. The number of aromatic nitrogens is 2. The van der Waals surface area contributed by atoms with E-state index < -0.39 is 6.29 Å². The van der Waals surface area contributed by atoms with Crippen LogP contribution in [0.4, 0.5) is 0 Å². The molecule has 1 amide bonds. The molecule has 9 heteroatoms. The van der Waals surface area contributed by atoms with Gasteiger partial charge in [0.1, 0.15) is 5.69 Å². The van der Waals surface area contributed by atoms with Crippen molar-refractivity contribution < 1.29 is 24.1 Å². The predicted octanol–water partition coefficient (Wildman–Crippen LogP) is 6.62. The van der Waals surface area contributed by atoms with Crippen LogP contribution in [0.2, 0.25) is 0 Å². The molecule has 2 aliphatic rings. The number of para-hydroxylation sites is 2. The van der Waals surface area contributed by atoms with Crippen molar-refractivity contribution >= 4 is 16.9 Å². The third-order valence-electron chi connectivity index (χ3n) is 10.0. The van der Waals surface area contributed by atoms with E-state index in [1.807, 2.05) is 54.6 Å². The predicted molar refractivity (Wildman–Crippen MR) is 192 cm³/mol. The first kappa shape index (κ1) is 34.0. The highest BCUT2D eigenvalue weighted by Crippen LogP contribution is 2.42. The lowest BCUT2D eigenvalue weighted by molar-refractivity contribution is -0.276. The van der Waals surface area contributed by atoms with Crippen LogP contribution < -0.4 is 5.32 Å². The van der Waals surface area contributed by atoms with Gasteiger partial charge in [0.2, 0.25) is 0 Å². The summed E-state index contributed by atoms with van der Waals surface area (Å²) in [6.07, 6.45) is 3.03. The van der Waals surface area contributed by atoms with Gasteiger partial charge in [0.15, 0.2) is 6.29 Å². The smallest absolute Gasteiger partial charge is 0.271 e. The van der Waals surface area contributed by atoms with Crippen molar-refractivity contribution in [2.75, 3.05) is 26.8 Å². The van der Waals surface area contributed by atoms with Crippen molar-refractivity contribution in [2.24, 2.45) is 5.92 Å². The van der Waals surface area contributed by atoms with Gasteiger partial charge in [-0.05, 0) is 59.3 Å². The molecule has 0 bridgehead atoms. The molecule has 2 fully saturated rings. The standard InChI is InChI=1S/C41H44N4O5/c1-27-38(24-45-21-7-9-33(45)26-48-2)49-41(50-39(27)30-15-13-28(25-46)14-16-30)31-19-17-29(18-20-31)34-10-4-3-8-32(34)22-43-40(47)37-23-42-35-11-5-6-12-36(35)44-37/h3-6,8,10-20,23,27,33,38-39,41,46H,7,9,21-22,24-26H2,1-2H3,(H,43,47)/t27-,33+,38+,39+,41+/m1/s1. The van der Waals surface area contributed by atoms with E-state index in [4.69, 9.17) is 14.2 Å². The number of fused-ring (bicyclic) bond motifs is 1. The number of rotatable bonds is 11. The normalized spacial score (nSPS) is 22.5. The Morgan fingerprint density at radius 3 is 2.46 bits per heavy atom. The third kappa shape index (κ3) is 7.47. The number of carbonyl (C=O) groups is 1. The van der Waals surface area contributed by atoms with Crippen molar-refractivity contribution in [3.05, 3.63) is 131 Å². The molecule has 2 N–H and O–H groups in total. The Morgan fingerprint density at radius 2 is 1.68 bits per heavy atom. The Balaban J connectivity index is 1.09. The second kappa shape index (κ2) is 15.6. The maximum absolute atomic E-state index is 13.0. The SMILES string of the molecule is COC[C@@H]1CCCN1C[C@@H]1O[C@H](c2ccc(-c3ccccc3CNC(=O)c3cnc4ccccc4n3)cc2)O[C@H](c2ccc(CO)cc2)[C@@H]1C. The van der Waals surface area contributed by atoms with Gasteiger partial charge < -0.3 is 24.6 Å². The number of aliphatic hydroxyl groups is 1. The number of carbonyl (C=O) groups excluding carboxylic acids is 1. The number of methoxy groups -OCH3 is 1. The Kier molecular flexibility index (Phi) is 10.6. The average Bonchev–Trinajstić information content (AvgIpc) is 3.61. The van der Waals surface area contributed by atoms with Crippen LogP contribution in [-0.4, -0.2) is 64.8 Å². The molecule has 0 spiro atoms. The summed E-state index contributed by atoms with van der Waals surface area (Å²) < 4.78 is 19.0. The summed E-state index contributed by atoms with van der Waals surface area (Å²) >= 11 is 0. The van der Waals surface area contributed by atoms with Gasteiger partial charge in [-0.15, -0.1) is 0 Å². The molecule has 2 aliphatic heterocycles. The lowest BCUT2D eigenvalue weighted by Gasteiger charge is -2.43. The molecule has 1 aromatic heterocycles. The second-order valence-electron chi connectivity index (χ2n) is 13.3. The number of likely N-dealkylation sites (tertiary alicyclic amines) is 1. The first-order valence-electron chi connectivity index (χ1n) is 17.4. The molecule has 3 heterocycles. The van der Waals surface area contributed by atoms with Crippen LogP contribution >= 0.6 is 0 Å². The van der Waals surface area contributed by atoms with E-state index in [0.717, 1.165) is 71.4 Å². The van der Waals surface area contributed by atoms with E-state index in [-0.39, 0.29) is 36.3 Å². The van der Waals surface area contributed by atoms with Crippen LogP contribution in [0, 0.1) is 5.92 Å². The molecular formula is C41H44N4O5. The number of aliphatic hydroxyl groups excluding tert-OH is 1. The first-order valence-corrected chi connectivity index (χ1v) is 17.4. The topological polar surface area (TPSA) is 106 Å². The molecule has 5 atom stereocenters. The summed E-state index contributed by atoms with van der Waals surface area (Å²) in [5.74, 6) is -0.163. The van der Waals surface area contributed by atoms with Gasteiger partial charge in [0, 0.05) is 37.7 Å². The third-order valence-corrected chi connectivity index (χ3v) is 10.0. The van der Waals surface area contributed by atoms with Crippen LogP contribution in [-0.2, 0) is 27.4 Å². The summed E-state index contributed by atoms with van der Waals surface area (Å²) in [5, 5.41) is 12.6. The highest BCUT2D eigenvalue weighted by Gasteiger charge is 2.40. The zero-order chi connectivity index (χ0) is 34.5. The van der Waals surface area contributed by atoms with E-state index in [0.29, 0.717) is 18.1 Å². The summed E-state index contributed by atoms with van der Waals surface area (Å²) in [5.41, 5.74) is 7.66. The van der Waals surface area contributed by atoms with Gasteiger partial charge in [0.25, 0.3) is 5.91 Å². The molecule has 9 nitrogen and oxygen atoms in total. The Bertz CT molecular complexity index is 1900. The lowest BCUT2D eigenvalue weighted by Crippen LogP contribution is -2.46. The van der Waals surface area contributed by atoms with Gasteiger partial charge >= 0.3 is 0 Å². The highest BCUT2D eigenvalue weighted by atomic mass is 16.7. The Morgan fingerprint density at radius 1 is 0.940 bits per heavy atom. The number of amides is 1. The zero-order valence-corrected chi connectivity index (χ0v) is 28.6. The number of hydrogen-bond donors (Lipinski definition) is 2. The van der Waals surface area contributed by atoms with E-state index in [1.54, 1.807) is 7.11 Å². The first-order chi connectivity index (χ1) is 24.5. The van der Waals surface area contributed by atoms with Crippen LogP contribution in [0.5, 0.6) is 0 Å². The minimum Gasteiger partial charge on any atom is -0.392 e. The molecule has 258 valence electrons. The molecule has 0 saturated carbocycles. The van der Waals surface area contributed by atoms with Crippen LogP contribution in [0.25, 0.3) is 22.2 Å². The summed E-state index contributed by atoms with van der Waals surface area (Å²) in [4.78, 5) is 24.4. The van der Waals surface area contributed by atoms with Gasteiger partial charge in [0.05, 0.1) is 42.7 Å². The van der Waals surface area contributed by atoms with Crippen molar-refractivity contribution in [1.29, 1.82) is 0 Å². The quantitative estimate of drug-likeness (QED) is 0.161. The van der Waals surface area contributed by atoms with Gasteiger partial charge in [-0.25, -0.2) is 4.98 Å². The van der Waals surface area contributed by atoms with Gasteiger partial charge in [-0.1, -0.05) is 91.9 Å². The maximum atomic E-state index is 13.0. The van der Waals surface area contributed by atoms with E-state index >= 15 is 0 Å². The minimum atomic E-state index is -0.547. The molecule has 50 heavy (non-hydrogen) atoms. The fourth-order valence-electron chi connectivity index (χ4n) is 7.18. The fraction of sp³-hybridized carbons (Fsp3) is 0.341. The monoisotopic (exact) mass is 672 g/mol. The Labute approximate surface area is 293 Å². The van der Waals surface area contributed by atoms with Gasteiger partial charge in [-0.2, -0.15) is 0 Å². The molecule has 7 rings (SSSR count). The number of hydrogen-bond acceptors (Lipinski definition) is 8. The van der Waals surface area contributed by atoms with E-state index in [2.05, 4.69) is 69.6 Å². The molecule has 0 aliphatic carbocycles. The lowest BCUT2D eigenvalue weighted by atomic mass is 9.89. The molecule has 0 unspecified atom stereocenters. The molecular weight excluding hydrogens is 628 g/mol. The summed E-state index contributed by atoms with van der Waals surface area (Å²) in [6, 6.07) is 32.3. The second-order valence-corrected chi connectivity index (χ2v) is 13.3. The number of benzene rings is 4. The van der Waals surface area contributed by atoms with Crippen molar-refractivity contribution in [1.82, 2.24) is 20.2 Å². The van der Waals surface area contributed by atoms with E-state index in [9.17, 15) is 9.90 Å². The summed E-state index contributed by atoms with van der Waals surface area (Å²) in [7, 11) is 1.77. The van der Waals surface area contributed by atoms with Crippen LogP contribution in [0.15, 0.2) is 103 Å². The van der Waals surface area contributed by atoms with E-state index in [1.165, 1.54) is 6.20 Å². The van der Waals surface area contributed by atoms with Crippen molar-refractivity contribution in [3.8, 4) is 11.1 Å². The fourth-order valence-corrected chi connectivity index (χ4v) is 7.18.